The molecule has 0 radical (unpaired) electrons. The fraction of sp³-hybridized carbons (Fsp3) is 0.429. The Balaban J connectivity index is 1.50. The zero-order chi connectivity index (χ0) is 29.5. The number of ether oxygens (including phenoxy) is 5. The number of aliphatic hydroxyl groups is 2. The van der Waals surface area contributed by atoms with Crippen molar-refractivity contribution in [2.75, 3.05) is 19.8 Å². The molecule has 2 unspecified atom stereocenters. The van der Waals surface area contributed by atoms with E-state index in [1.54, 1.807) is 6.92 Å². The lowest BCUT2D eigenvalue weighted by molar-refractivity contribution is -0.165. The van der Waals surface area contributed by atoms with E-state index in [9.17, 15) is 19.8 Å². The van der Waals surface area contributed by atoms with Crippen LogP contribution in [0.25, 0.3) is 0 Å². The van der Waals surface area contributed by atoms with E-state index in [4.69, 9.17) is 70.1 Å². The standard InChI is InChI=1S/C28H26Cl4O9/c1-28-12-14(33)10-18(34)22(28)24(35)21-19(37-6-7-39-20-4-2-3-5-38-20)11-15(23(32)26(21)41-28)27(36)40-25-16(30)8-13(29)9-17(25)31/h8-11,14,20,22,33-34H,2-7,12H2,1H3/t14?,20?,22-,28+/m1/s1. The van der Waals surface area contributed by atoms with Gasteiger partial charge in [0.25, 0.3) is 0 Å². The second-order valence-electron chi connectivity index (χ2n) is 10.1. The van der Waals surface area contributed by atoms with E-state index in [0.29, 0.717) is 6.61 Å². The Bertz CT molecular complexity index is 1380. The summed E-state index contributed by atoms with van der Waals surface area (Å²) in [6.07, 6.45) is 2.48. The molecule has 1 saturated heterocycles. The second kappa shape index (κ2) is 12.2. The number of hydrogen-bond donors (Lipinski definition) is 2. The van der Waals surface area contributed by atoms with Crippen LogP contribution in [-0.2, 0) is 9.47 Å². The average Bonchev–Trinajstić information content (AvgIpc) is 2.89. The molecule has 9 nitrogen and oxygen atoms in total. The molecule has 0 aromatic heterocycles. The van der Waals surface area contributed by atoms with Crippen LogP contribution in [0.2, 0.25) is 20.1 Å². The Morgan fingerprint density at radius 3 is 2.54 bits per heavy atom. The van der Waals surface area contributed by atoms with Crippen molar-refractivity contribution >= 4 is 58.2 Å². The number of rotatable bonds is 7. The molecular weight excluding hydrogens is 622 g/mol. The molecule has 0 bridgehead atoms. The van der Waals surface area contributed by atoms with Crippen molar-refractivity contribution in [3.05, 3.63) is 61.3 Å². The molecule has 2 aliphatic heterocycles. The van der Waals surface area contributed by atoms with Gasteiger partial charge in [0.1, 0.15) is 35.2 Å². The highest BCUT2D eigenvalue weighted by molar-refractivity contribution is 6.40. The Kier molecular flexibility index (Phi) is 8.97. The smallest absolute Gasteiger partial charge is 0.345 e. The van der Waals surface area contributed by atoms with Crippen LogP contribution in [0.5, 0.6) is 17.2 Å². The van der Waals surface area contributed by atoms with Gasteiger partial charge in [0, 0.05) is 18.1 Å². The van der Waals surface area contributed by atoms with Crippen molar-refractivity contribution in [1.82, 2.24) is 0 Å². The lowest BCUT2D eigenvalue weighted by Crippen LogP contribution is -2.53. The van der Waals surface area contributed by atoms with Crippen molar-refractivity contribution in [2.24, 2.45) is 5.92 Å². The summed E-state index contributed by atoms with van der Waals surface area (Å²) in [6, 6.07) is 3.96. The SMILES string of the molecule is C[C@]12CC(O)C=C(O)[C@@H]1C(=O)c1c(OCCOC3CCCCO3)cc(C(=O)Oc3c(Cl)cc(Cl)cc3Cl)c(Cl)c1O2. The highest BCUT2D eigenvalue weighted by Gasteiger charge is 2.53. The van der Waals surface area contributed by atoms with Gasteiger partial charge in [-0.3, -0.25) is 4.79 Å². The lowest BCUT2D eigenvalue weighted by Gasteiger charge is -2.44. The molecule has 4 atom stereocenters. The van der Waals surface area contributed by atoms with Gasteiger partial charge in [-0.25, -0.2) is 4.79 Å². The predicted octanol–water partition coefficient (Wildman–Crippen LogP) is 6.60. The van der Waals surface area contributed by atoms with Gasteiger partial charge in [-0.05, 0) is 50.5 Å². The number of Topliss-reactive ketones (excluding diaryl/α,β-unsaturated/α-hetero) is 1. The van der Waals surface area contributed by atoms with E-state index in [2.05, 4.69) is 0 Å². The van der Waals surface area contributed by atoms with Crippen LogP contribution < -0.4 is 14.2 Å². The molecule has 0 saturated carbocycles. The molecule has 5 rings (SSSR count). The monoisotopic (exact) mass is 646 g/mol. The van der Waals surface area contributed by atoms with Crippen LogP contribution in [0.15, 0.2) is 30.0 Å². The normalized spacial score (nSPS) is 25.5. The summed E-state index contributed by atoms with van der Waals surface area (Å²) in [5.41, 5.74) is -1.64. The van der Waals surface area contributed by atoms with Crippen molar-refractivity contribution in [3.63, 3.8) is 0 Å². The van der Waals surface area contributed by atoms with E-state index in [-0.39, 0.29) is 80.1 Å². The van der Waals surface area contributed by atoms with Crippen molar-refractivity contribution < 1.29 is 43.5 Å². The maximum atomic E-state index is 13.8. The largest absolute Gasteiger partial charge is 0.512 e. The fourth-order valence-corrected chi connectivity index (χ4v) is 6.40. The number of carbonyl (C=O) groups is 2. The van der Waals surface area contributed by atoms with Crippen molar-refractivity contribution in [1.29, 1.82) is 0 Å². The molecule has 1 fully saturated rings. The summed E-state index contributed by atoms with van der Waals surface area (Å²) in [6.45, 7) is 2.30. The third-order valence-corrected chi connectivity index (χ3v) is 8.23. The molecule has 3 aliphatic rings. The van der Waals surface area contributed by atoms with Gasteiger partial charge in [-0.15, -0.1) is 0 Å². The topological polar surface area (TPSA) is 121 Å². The zero-order valence-corrected chi connectivity index (χ0v) is 24.8. The van der Waals surface area contributed by atoms with Crippen LogP contribution in [-0.4, -0.2) is 59.8 Å². The molecule has 2 N–H and O–H groups in total. The maximum Gasteiger partial charge on any atom is 0.345 e. The number of carbonyl (C=O) groups excluding carboxylic acids is 2. The molecule has 13 heteroatoms. The fourth-order valence-electron chi connectivity index (χ4n) is 5.24. The molecule has 2 aromatic rings. The van der Waals surface area contributed by atoms with Crippen LogP contribution in [0.3, 0.4) is 0 Å². The number of halogens is 4. The number of ketones is 1. The quantitative estimate of drug-likeness (QED) is 0.195. The third-order valence-electron chi connectivity index (χ3n) is 7.07. The Hall–Kier alpha value is -2.24. The molecular formula is C28H26Cl4O9. The van der Waals surface area contributed by atoms with E-state index >= 15 is 0 Å². The summed E-state index contributed by atoms with van der Waals surface area (Å²) in [4.78, 5) is 27.2. The first kappa shape index (κ1) is 30.2. The van der Waals surface area contributed by atoms with E-state index in [1.807, 2.05) is 0 Å². The van der Waals surface area contributed by atoms with Gasteiger partial charge in [-0.1, -0.05) is 46.4 Å². The number of esters is 1. The number of benzene rings is 2. The number of aliphatic hydroxyl groups excluding tert-OH is 2. The lowest BCUT2D eigenvalue weighted by atomic mass is 9.72. The molecule has 41 heavy (non-hydrogen) atoms. The summed E-state index contributed by atoms with van der Waals surface area (Å²) >= 11 is 25.0. The molecule has 2 heterocycles. The van der Waals surface area contributed by atoms with Gasteiger partial charge in [0.15, 0.2) is 23.6 Å². The number of fused-ring (bicyclic) bond motifs is 2. The van der Waals surface area contributed by atoms with Crippen LogP contribution in [0.4, 0.5) is 0 Å². The van der Waals surface area contributed by atoms with E-state index in [0.717, 1.165) is 19.3 Å². The Morgan fingerprint density at radius 1 is 1.12 bits per heavy atom. The van der Waals surface area contributed by atoms with Gasteiger partial charge in [0.05, 0.1) is 33.3 Å². The molecule has 2 aromatic carbocycles. The third kappa shape index (κ3) is 6.13. The summed E-state index contributed by atoms with van der Waals surface area (Å²) in [5.74, 6) is -3.31. The highest BCUT2D eigenvalue weighted by Crippen LogP contribution is 2.51. The van der Waals surface area contributed by atoms with E-state index in [1.165, 1.54) is 24.3 Å². The van der Waals surface area contributed by atoms with Crippen molar-refractivity contribution in [3.8, 4) is 17.2 Å². The molecule has 0 amide bonds. The van der Waals surface area contributed by atoms with E-state index < -0.39 is 29.4 Å². The van der Waals surface area contributed by atoms with Crippen LogP contribution in [0.1, 0.15) is 53.3 Å². The van der Waals surface area contributed by atoms with Gasteiger partial charge < -0.3 is 33.9 Å². The number of hydrogen-bond acceptors (Lipinski definition) is 9. The minimum atomic E-state index is -1.37. The minimum Gasteiger partial charge on any atom is -0.512 e. The van der Waals surface area contributed by atoms with Crippen molar-refractivity contribution in [2.45, 2.75) is 50.6 Å². The van der Waals surface area contributed by atoms with Crippen LogP contribution in [0, 0.1) is 5.92 Å². The zero-order valence-electron chi connectivity index (χ0n) is 21.8. The summed E-state index contributed by atoms with van der Waals surface area (Å²) < 4.78 is 28.9. The van der Waals surface area contributed by atoms with Gasteiger partial charge in [-0.2, -0.15) is 0 Å². The minimum absolute atomic E-state index is 0.00693. The van der Waals surface area contributed by atoms with Gasteiger partial charge in [0.2, 0.25) is 0 Å². The first-order chi connectivity index (χ1) is 19.5. The Morgan fingerprint density at radius 2 is 1.85 bits per heavy atom. The summed E-state index contributed by atoms with van der Waals surface area (Å²) in [7, 11) is 0. The first-order valence-corrected chi connectivity index (χ1v) is 14.4. The Labute approximate surface area is 255 Å². The highest BCUT2D eigenvalue weighted by atomic mass is 35.5. The summed E-state index contributed by atoms with van der Waals surface area (Å²) in [5, 5.41) is 20.9. The molecule has 220 valence electrons. The molecule has 1 aliphatic carbocycles. The predicted molar refractivity (Wildman–Crippen MR) is 151 cm³/mol. The molecule has 0 spiro atoms. The second-order valence-corrected chi connectivity index (χ2v) is 11.7. The first-order valence-electron chi connectivity index (χ1n) is 12.9. The maximum absolute atomic E-state index is 13.8. The van der Waals surface area contributed by atoms with Gasteiger partial charge >= 0.3 is 5.97 Å². The average molecular weight is 648 g/mol. The van der Waals surface area contributed by atoms with Crippen LogP contribution >= 0.6 is 46.4 Å².